The highest BCUT2D eigenvalue weighted by Crippen LogP contribution is 2.40. The number of nitrogens with one attached hydrogen (secondary N) is 1. The van der Waals surface area contributed by atoms with Crippen LogP contribution in [0.3, 0.4) is 0 Å². The fourth-order valence-electron chi connectivity index (χ4n) is 3.55. The van der Waals surface area contributed by atoms with Crippen LogP contribution in [0.2, 0.25) is 0 Å². The molecule has 0 spiro atoms. The average molecular weight is 447 g/mol. The van der Waals surface area contributed by atoms with Crippen LogP contribution in [0.4, 0.5) is 5.00 Å². The molecule has 8 heteroatoms. The molecular formula is C23H30N2O5S. The molecule has 31 heavy (non-hydrogen) atoms. The van der Waals surface area contributed by atoms with Gasteiger partial charge in [0.05, 0.1) is 27.4 Å². The van der Waals surface area contributed by atoms with Gasteiger partial charge in [0, 0.05) is 17.0 Å². The van der Waals surface area contributed by atoms with Crippen molar-refractivity contribution in [3.05, 3.63) is 29.1 Å². The number of likely N-dealkylation sites (N-methyl/N-ethyl adjacent to an activating group) is 1. The standard InChI is InChI=1S/C23H30N2O5S/c1-6-30-23(27)21-17(16-9-10-18(28-4)19(11-16)29-5)13-31-22(21)24-20(26)12-25(3)14(2)15-7-8-15/h9-11,13-15H,6-8,12H2,1-5H3,(H,24,26)/t14-/m0/s1. The summed E-state index contributed by atoms with van der Waals surface area (Å²) in [5, 5.41) is 5.25. The number of anilines is 1. The van der Waals surface area contributed by atoms with Gasteiger partial charge in [-0.05, 0) is 57.4 Å². The normalized spacial score (nSPS) is 14.3. The lowest BCUT2D eigenvalue weighted by atomic mass is 10.0. The van der Waals surface area contributed by atoms with Crippen molar-refractivity contribution in [2.45, 2.75) is 32.7 Å². The summed E-state index contributed by atoms with van der Waals surface area (Å²) in [5.74, 6) is 1.21. The largest absolute Gasteiger partial charge is 0.493 e. The molecular weight excluding hydrogens is 416 g/mol. The van der Waals surface area contributed by atoms with Gasteiger partial charge in [0.15, 0.2) is 11.5 Å². The minimum atomic E-state index is -0.469. The summed E-state index contributed by atoms with van der Waals surface area (Å²) in [5.41, 5.74) is 1.81. The molecule has 1 aliphatic rings. The van der Waals surface area contributed by atoms with Gasteiger partial charge < -0.3 is 19.5 Å². The number of carbonyl (C=O) groups excluding carboxylic acids is 2. The monoisotopic (exact) mass is 446 g/mol. The van der Waals surface area contributed by atoms with E-state index in [1.54, 1.807) is 33.3 Å². The van der Waals surface area contributed by atoms with Crippen LogP contribution in [-0.2, 0) is 9.53 Å². The smallest absolute Gasteiger partial charge is 0.341 e. The molecule has 0 bridgehead atoms. The highest BCUT2D eigenvalue weighted by Gasteiger charge is 2.31. The third kappa shape index (κ3) is 5.37. The van der Waals surface area contributed by atoms with Crippen molar-refractivity contribution in [2.24, 2.45) is 5.92 Å². The molecule has 3 rings (SSSR count). The second kappa shape index (κ2) is 10.2. The van der Waals surface area contributed by atoms with Crippen LogP contribution in [0.15, 0.2) is 23.6 Å². The van der Waals surface area contributed by atoms with E-state index in [1.807, 2.05) is 18.5 Å². The molecule has 168 valence electrons. The molecule has 1 amide bonds. The summed E-state index contributed by atoms with van der Waals surface area (Å²) in [6, 6.07) is 5.80. The minimum absolute atomic E-state index is 0.152. The van der Waals surface area contributed by atoms with Gasteiger partial charge in [-0.15, -0.1) is 11.3 Å². The Kier molecular flexibility index (Phi) is 7.56. The number of methoxy groups -OCH3 is 2. The van der Waals surface area contributed by atoms with E-state index in [0.29, 0.717) is 39.6 Å². The zero-order valence-corrected chi connectivity index (χ0v) is 19.5. The summed E-state index contributed by atoms with van der Waals surface area (Å²) in [4.78, 5) is 27.5. The van der Waals surface area contributed by atoms with E-state index in [0.717, 1.165) is 5.56 Å². The molecule has 1 aromatic carbocycles. The van der Waals surface area contributed by atoms with Crippen molar-refractivity contribution in [3.63, 3.8) is 0 Å². The number of rotatable bonds is 10. The minimum Gasteiger partial charge on any atom is -0.493 e. The van der Waals surface area contributed by atoms with Crippen molar-refractivity contribution >= 4 is 28.2 Å². The SMILES string of the molecule is CCOC(=O)c1c(-c2ccc(OC)c(OC)c2)csc1NC(=O)CN(C)[C@@H](C)C1CC1. The second-order valence-electron chi connectivity index (χ2n) is 7.69. The predicted molar refractivity (Wildman–Crippen MR) is 122 cm³/mol. The van der Waals surface area contributed by atoms with Crippen LogP contribution in [0.1, 0.15) is 37.0 Å². The molecule has 1 fully saturated rings. The number of thiophene rings is 1. The van der Waals surface area contributed by atoms with Crippen LogP contribution in [0.5, 0.6) is 11.5 Å². The molecule has 7 nitrogen and oxygen atoms in total. The summed E-state index contributed by atoms with van der Waals surface area (Å²) < 4.78 is 16.0. The average Bonchev–Trinajstić information content (AvgIpc) is 3.53. The summed E-state index contributed by atoms with van der Waals surface area (Å²) >= 11 is 1.31. The van der Waals surface area contributed by atoms with E-state index in [2.05, 4.69) is 17.1 Å². The van der Waals surface area contributed by atoms with Gasteiger partial charge in [0.25, 0.3) is 0 Å². The highest BCUT2D eigenvalue weighted by atomic mass is 32.1. The Balaban J connectivity index is 1.86. The third-order valence-corrected chi connectivity index (χ3v) is 6.51. The van der Waals surface area contributed by atoms with Gasteiger partial charge in [-0.3, -0.25) is 9.69 Å². The highest BCUT2D eigenvalue weighted by molar-refractivity contribution is 7.15. The third-order valence-electron chi connectivity index (χ3n) is 5.61. The van der Waals surface area contributed by atoms with E-state index in [4.69, 9.17) is 14.2 Å². The number of nitrogens with zero attached hydrogens (tertiary/aromatic N) is 1. The van der Waals surface area contributed by atoms with Crippen molar-refractivity contribution in [3.8, 4) is 22.6 Å². The Bertz CT molecular complexity index is 938. The van der Waals surface area contributed by atoms with Gasteiger partial charge in [-0.1, -0.05) is 6.07 Å². The Labute approximate surface area is 187 Å². The Hall–Kier alpha value is -2.58. The van der Waals surface area contributed by atoms with E-state index >= 15 is 0 Å². The van der Waals surface area contributed by atoms with E-state index in [1.165, 1.54) is 24.2 Å². The zero-order valence-electron chi connectivity index (χ0n) is 18.7. The maximum Gasteiger partial charge on any atom is 0.341 e. The van der Waals surface area contributed by atoms with Crippen molar-refractivity contribution in [2.75, 3.05) is 39.7 Å². The second-order valence-corrected chi connectivity index (χ2v) is 8.56. The molecule has 1 atom stereocenters. The van der Waals surface area contributed by atoms with Gasteiger partial charge in [0.1, 0.15) is 10.6 Å². The number of carbonyl (C=O) groups is 2. The maximum atomic E-state index is 12.8. The molecule has 1 saturated carbocycles. The number of ether oxygens (including phenoxy) is 3. The quantitative estimate of drug-likeness (QED) is 0.549. The first kappa shape index (κ1) is 23.1. The van der Waals surface area contributed by atoms with E-state index in [-0.39, 0.29) is 19.1 Å². The number of hydrogen-bond donors (Lipinski definition) is 1. The molecule has 1 heterocycles. The maximum absolute atomic E-state index is 12.8. The Morgan fingerprint density at radius 2 is 1.94 bits per heavy atom. The molecule has 0 radical (unpaired) electrons. The van der Waals surface area contributed by atoms with E-state index in [9.17, 15) is 9.59 Å². The van der Waals surface area contributed by atoms with Crippen molar-refractivity contribution in [1.29, 1.82) is 0 Å². The zero-order chi connectivity index (χ0) is 22.5. The topological polar surface area (TPSA) is 77.1 Å². The fraction of sp³-hybridized carbons (Fsp3) is 0.478. The molecule has 1 aromatic heterocycles. The van der Waals surface area contributed by atoms with Gasteiger partial charge in [0.2, 0.25) is 5.91 Å². The summed E-state index contributed by atoms with van der Waals surface area (Å²) in [6.45, 7) is 4.42. The predicted octanol–water partition coefficient (Wildman–Crippen LogP) is 4.28. The van der Waals surface area contributed by atoms with Gasteiger partial charge in [-0.25, -0.2) is 4.79 Å². The van der Waals surface area contributed by atoms with Crippen molar-refractivity contribution < 1.29 is 23.8 Å². The molecule has 0 unspecified atom stereocenters. The molecule has 0 aliphatic heterocycles. The van der Waals surface area contributed by atoms with Gasteiger partial charge in [-0.2, -0.15) is 0 Å². The number of hydrogen-bond acceptors (Lipinski definition) is 7. The Morgan fingerprint density at radius 3 is 2.55 bits per heavy atom. The van der Waals surface area contributed by atoms with Crippen LogP contribution in [0, 0.1) is 5.92 Å². The molecule has 1 aliphatic carbocycles. The number of amides is 1. The lowest BCUT2D eigenvalue weighted by Crippen LogP contribution is -2.37. The lowest BCUT2D eigenvalue weighted by Gasteiger charge is -2.23. The van der Waals surface area contributed by atoms with Crippen LogP contribution in [0.25, 0.3) is 11.1 Å². The Morgan fingerprint density at radius 1 is 1.23 bits per heavy atom. The van der Waals surface area contributed by atoms with Gasteiger partial charge >= 0.3 is 5.97 Å². The first-order valence-corrected chi connectivity index (χ1v) is 11.3. The molecule has 1 N–H and O–H groups in total. The summed E-state index contributed by atoms with van der Waals surface area (Å²) in [7, 11) is 5.09. The number of esters is 1. The van der Waals surface area contributed by atoms with E-state index < -0.39 is 5.97 Å². The fourth-order valence-corrected chi connectivity index (χ4v) is 4.52. The number of benzene rings is 1. The first-order chi connectivity index (χ1) is 14.9. The first-order valence-electron chi connectivity index (χ1n) is 10.4. The van der Waals surface area contributed by atoms with Crippen LogP contribution in [-0.4, -0.2) is 57.2 Å². The van der Waals surface area contributed by atoms with Crippen molar-refractivity contribution in [1.82, 2.24) is 4.90 Å². The molecule has 0 saturated heterocycles. The van der Waals surface area contributed by atoms with Crippen LogP contribution < -0.4 is 14.8 Å². The summed E-state index contributed by atoms with van der Waals surface area (Å²) in [6.07, 6.45) is 2.44. The lowest BCUT2D eigenvalue weighted by molar-refractivity contribution is -0.117. The molecule has 2 aromatic rings. The van der Waals surface area contributed by atoms with Crippen LogP contribution >= 0.6 is 11.3 Å².